The van der Waals surface area contributed by atoms with Gasteiger partial charge in [-0.25, -0.2) is 9.48 Å². The molecule has 0 saturated heterocycles. The lowest BCUT2D eigenvalue weighted by atomic mass is 10.1. The maximum absolute atomic E-state index is 12.2. The molecule has 2 aromatic rings. The summed E-state index contributed by atoms with van der Waals surface area (Å²) in [5, 5.41) is 7.07. The highest BCUT2D eigenvalue weighted by Gasteiger charge is 2.26. The van der Waals surface area contributed by atoms with Crippen LogP contribution in [0.2, 0.25) is 0 Å². The van der Waals surface area contributed by atoms with Gasteiger partial charge in [0, 0.05) is 18.7 Å². The highest BCUT2D eigenvalue weighted by molar-refractivity contribution is 5.47. The van der Waals surface area contributed by atoms with Gasteiger partial charge in [0.25, 0.3) is 0 Å². The molecular weight excluding hydrogens is 299 g/mol. The largest absolute Gasteiger partial charge is 0.399 e. The summed E-state index contributed by atoms with van der Waals surface area (Å²) in [6.45, 7) is 2.00. The molecule has 0 saturated carbocycles. The maximum atomic E-state index is 12.2. The first-order chi connectivity index (χ1) is 10.3. The number of alkyl halides is 3. The molecule has 0 atom stereocenters. The number of tetrazole rings is 1. The molecule has 0 aliphatic carbocycles. The van der Waals surface area contributed by atoms with Crippen LogP contribution in [0.4, 0.5) is 18.9 Å². The Balaban J connectivity index is 2.11. The van der Waals surface area contributed by atoms with Crippen molar-refractivity contribution in [2.45, 2.75) is 39.0 Å². The molecule has 9 heteroatoms. The van der Waals surface area contributed by atoms with Crippen molar-refractivity contribution in [2.75, 3.05) is 5.73 Å². The number of anilines is 1. The second-order valence-electron chi connectivity index (χ2n) is 5.04. The van der Waals surface area contributed by atoms with Gasteiger partial charge in [-0.05, 0) is 35.8 Å². The number of nitrogen functional groups attached to an aromatic ring is 1. The Hall–Kier alpha value is -2.32. The summed E-state index contributed by atoms with van der Waals surface area (Å²) in [7, 11) is 0. The zero-order chi connectivity index (χ0) is 16.3. The van der Waals surface area contributed by atoms with Crippen molar-refractivity contribution >= 4 is 5.69 Å². The van der Waals surface area contributed by atoms with Crippen molar-refractivity contribution in [3.05, 3.63) is 39.8 Å². The summed E-state index contributed by atoms with van der Waals surface area (Å²) in [5.74, 6) is 0. The molecule has 0 aliphatic heterocycles. The molecule has 0 aliphatic rings. The molecule has 0 radical (unpaired) electrons. The van der Waals surface area contributed by atoms with Gasteiger partial charge in [-0.15, -0.1) is 0 Å². The van der Waals surface area contributed by atoms with Crippen molar-refractivity contribution in [3.63, 3.8) is 0 Å². The van der Waals surface area contributed by atoms with E-state index in [0.717, 1.165) is 15.8 Å². The minimum absolute atomic E-state index is 0.0840. The normalized spacial score (nSPS) is 11.8. The van der Waals surface area contributed by atoms with E-state index < -0.39 is 18.3 Å². The van der Waals surface area contributed by atoms with Crippen molar-refractivity contribution < 1.29 is 13.2 Å². The SMILES string of the molecule is Cc1cc(Cn2nnc(=O)n2CCCC(F)(F)F)ccc1N. The minimum Gasteiger partial charge on any atom is -0.399 e. The number of nitrogens with zero attached hydrogens (tertiary/aromatic N) is 4. The van der Waals surface area contributed by atoms with Crippen molar-refractivity contribution in [1.29, 1.82) is 0 Å². The molecule has 2 rings (SSSR count). The first-order valence-corrected chi connectivity index (χ1v) is 6.68. The average molecular weight is 315 g/mol. The lowest BCUT2D eigenvalue weighted by Crippen LogP contribution is -2.25. The molecular formula is C13H16F3N5O. The highest BCUT2D eigenvalue weighted by atomic mass is 19.4. The smallest absolute Gasteiger partial charge is 0.389 e. The Bertz CT molecular complexity index is 704. The third kappa shape index (κ3) is 4.09. The number of hydrogen-bond donors (Lipinski definition) is 1. The summed E-state index contributed by atoms with van der Waals surface area (Å²) in [5.41, 5.74) is 7.42. The van der Waals surface area contributed by atoms with E-state index in [1.165, 1.54) is 4.80 Å². The number of benzene rings is 1. The lowest BCUT2D eigenvalue weighted by Gasteiger charge is -2.10. The standard InChI is InChI=1S/C13H16F3N5O/c1-9-7-10(3-4-11(9)17)8-21-19-18-12(22)20(21)6-2-5-13(14,15)16/h3-4,7H,2,5-6,8,17H2,1H3. The summed E-state index contributed by atoms with van der Waals surface area (Å²) in [6.07, 6.45) is -5.39. The van der Waals surface area contributed by atoms with Crippen molar-refractivity contribution in [2.24, 2.45) is 0 Å². The van der Waals surface area contributed by atoms with E-state index in [1.807, 2.05) is 13.0 Å². The number of aromatic nitrogens is 4. The van der Waals surface area contributed by atoms with Gasteiger partial charge in [-0.2, -0.15) is 18.0 Å². The predicted octanol–water partition coefficient (Wildman–Crippen LogP) is 1.72. The molecule has 0 fully saturated rings. The number of halogens is 3. The van der Waals surface area contributed by atoms with Gasteiger partial charge in [-0.1, -0.05) is 17.2 Å². The van der Waals surface area contributed by atoms with Crippen LogP contribution in [0.5, 0.6) is 0 Å². The monoisotopic (exact) mass is 315 g/mol. The molecule has 22 heavy (non-hydrogen) atoms. The zero-order valence-corrected chi connectivity index (χ0v) is 12.0. The molecule has 6 nitrogen and oxygen atoms in total. The van der Waals surface area contributed by atoms with E-state index in [2.05, 4.69) is 10.3 Å². The van der Waals surface area contributed by atoms with Crippen LogP contribution < -0.4 is 11.4 Å². The van der Waals surface area contributed by atoms with Crippen LogP contribution in [0.3, 0.4) is 0 Å². The van der Waals surface area contributed by atoms with E-state index in [1.54, 1.807) is 12.1 Å². The van der Waals surface area contributed by atoms with Crippen LogP contribution in [0.15, 0.2) is 23.0 Å². The predicted molar refractivity (Wildman–Crippen MR) is 74.3 cm³/mol. The molecule has 1 heterocycles. The van der Waals surface area contributed by atoms with Crippen LogP contribution in [0.25, 0.3) is 0 Å². The molecule has 0 amide bonds. The fourth-order valence-corrected chi connectivity index (χ4v) is 2.05. The van der Waals surface area contributed by atoms with Crippen LogP contribution in [-0.4, -0.2) is 26.0 Å². The van der Waals surface area contributed by atoms with E-state index in [-0.39, 0.29) is 19.5 Å². The summed E-state index contributed by atoms with van der Waals surface area (Å²) < 4.78 is 37.6. The van der Waals surface area contributed by atoms with Crippen LogP contribution >= 0.6 is 0 Å². The van der Waals surface area contributed by atoms with Gasteiger partial charge in [0.15, 0.2) is 0 Å². The van der Waals surface area contributed by atoms with Crippen LogP contribution in [0.1, 0.15) is 24.0 Å². The molecule has 2 N–H and O–H groups in total. The fourth-order valence-electron chi connectivity index (χ4n) is 2.05. The first kappa shape index (κ1) is 16.1. The van der Waals surface area contributed by atoms with E-state index in [9.17, 15) is 18.0 Å². The molecule has 120 valence electrons. The molecule has 0 spiro atoms. The third-order valence-corrected chi connectivity index (χ3v) is 3.22. The minimum atomic E-state index is -4.24. The Morgan fingerprint density at radius 2 is 2.05 bits per heavy atom. The van der Waals surface area contributed by atoms with E-state index >= 15 is 0 Å². The summed E-state index contributed by atoms with van der Waals surface area (Å²) in [6, 6.07) is 5.34. The molecule has 0 unspecified atom stereocenters. The lowest BCUT2D eigenvalue weighted by molar-refractivity contribution is -0.136. The number of aryl methyl sites for hydroxylation is 1. The Morgan fingerprint density at radius 1 is 1.32 bits per heavy atom. The van der Waals surface area contributed by atoms with Gasteiger partial charge in [0.1, 0.15) is 0 Å². The van der Waals surface area contributed by atoms with Gasteiger partial charge < -0.3 is 5.73 Å². The molecule has 1 aromatic heterocycles. The van der Waals surface area contributed by atoms with Crippen molar-refractivity contribution in [3.8, 4) is 0 Å². The average Bonchev–Trinajstić information content (AvgIpc) is 2.74. The zero-order valence-electron chi connectivity index (χ0n) is 12.0. The number of nitrogens with two attached hydrogens (primary N) is 1. The molecule has 0 bridgehead atoms. The van der Waals surface area contributed by atoms with Gasteiger partial charge in [0.05, 0.1) is 6.54 Å². The Kier molecular flexibility index (Phi) is 4.53. The quantitative estimate of drug-likeness (QED) is 0.852. The molecule has 1 aromatic carbocycles. The van der Waals surface area contributed by atoms with Gasteiger partial charge in [-0.3, -0.25) is 0 Å². The van der Waals surface area contributed by atoms with Gasteiger partial charge in [0.2, 0.25) is 0 Å². The first-order valence-electron chi connectivity index (χ1n) is 6.68. The summed E-state index contributed by atoms with van der Waals surface area (Å²) in [4.78, 5) is 12.8. The second-order valence-corrected chi connectivity index (χ2v) is 5.04. The van der Waals surface area contributed by atoms with Gasteiger partial charge >= 0.3 is 11.9 Å². The Labute approximate surface area is 124 Å². The van der Waals surface area contributed by atoms with Crippen LogP contribution in [0, 0.1) is 6.92 Å². The summed E-state index contributed by atoms with van der Waals surface area (Å²) >= 11 is 0. The maximum Gasteiger partial charge on any atom is 0.389 e. The van der Waals surface area contributed by atoms with Crippen molar-refractivity contribution in [1.82, 2.24) is 19.8 Å². The Morgan fingerprint density at radius 3 is 2.68 bits per heavy atom. The topological polar surface area (TPSA) is 78.7 Å². The number of rotatable bonds is 5. The van der Waals surface area contributed by atoms with E-state index in [0.29, 0.717) is 5.69 Å². The van der Waals surface area contributed by atoms with E-state index in [4.69, 9.17) is 5.73 Å². The number of hydrogen-bond acceptors (Lipinski definition) is 4. The second kappa shape index (κ2) is 6.20. The highest BCUT2D eigenvalue weighted by Crippen LogP contribution is 2.21. The third-order valence-electron chi connectivity index (χ3n) is 3.22. The van der Waals surface area contributed by atoms with Crippen LogP contribution in [-0.2, 0) is 13.1 Å². The fraction of sp³-hybridized carbons (Fsp3) is 0.462.